The first-order chi connectivity index (χ1) is 7.18. The van der Waals surface area contributed by atoms with Gasteiger partial charge < -0.3 is 20.5 Å². The Morgan fingerprint density at radius 1 is 1.47 bits per heavy atom. The van der Waals surface area contributed by atoms with Gasteiger partial charge in [0, 0.05) is 18.3 Å². The zero-order chi connectivity index (χ0) is 10.8. The first-order valence-electron chi connectivity index (χ1n) is 5.10. The summed E-state index contributed by atoms with van der Waals surface area (Å²) >= 11 is 0. The summed E-state index contributed by atoms with van der Waals surface area (Å²) in [6.07, 6.45) is -0.814. The number of aliphatic hydroxyl groups is 1. The summed E-state index contributed by atoms with van der Waals surface area (Å²) in [6, 6.07) is 7.90. The van der Waals surface area contributed by atoms with E-state index in [9.17, 15) is 5.11 Å². The van der Waals surface area contributed by atoms with Crippen molar-refractivity contribution in [2.45, 2.75) is 19.4 Å². The van der Waals surface area contributed by atoms with Crippen molar-refractivity contribution in [1.29, 1.82) is 0 Å². The van der Waals surface area contributed by atoms with Crippen molar-refractivity contribution in [3.8, 4) is 0 Å². The number of anilines is 1. The van der Waals surface area contributed by atoms with E-state index in [0.29, 0.717) is 6.61 Å². The van der Waals surface area contributed by atoms with Crippen molar-refractivity contribution in [2.24, 2.45) is 5.73 Å². The lowest BCUT2D eigenvalue weighted by Crippen LogP contribution is -2.29. The molecule has 1 unspecified atom stereocenters. The predicted octanol–water partition coefficient (Wildman–Crippen LogP) is 0.819. The SMILES string of the molecule is C[C@H](N)c1ccc(N2CCOC2O)cc1. The number of aliphatic hydroxyl groups excluding tert-OH is 1. The van der Waals surface area contributed by atoms with E-state index in [1.54, 1.807) is 0 Å². The number of ether oxygens (including phenoxy) is 1. The molecule has 0 bridgehead atoms. The summed E-state index contributed by atoms with van der Waals surface area (Å²) < 4.78 is 5.05. The fraction of sp³-hybridized carbons (Fsp3) is 0.455. The Balaban J connectivity index is 2.16. The molecule has 0 aliphatic carbocycles. The number of hydrogen-bond acceptors (Lipinski definition) is 4. The van der Waals surface area contributed by atoms with E-state index in [2.05, 4.69) is 0 Å². The molecule has 1 fully saturated rings. The lowest BCUT2D eigenvalue weighted by Gasteiger charge is -2.20. The maximum atomic E-state index is 9.50. The zero-order valence-corrected chi connectivity index (χ0v) is 8.76. The van der Waals surface area contributed by atoms with Gasteiger partial charge in [-0.2, -0.15) is 0 Å². The van der Waals surface area contributed by atoms with Gasteiger partial charge in [0.05, 0.1) is 6.61 Å². The largest absolute Gasteiger partial charge is 0.351 e. The van der Waals surface area contributed by atoms with E-state index in [4.69, 9.17) is 10.5 Å². The number of hydrogen-bond donors (Lipinski definition) is 2. The highest BCUT2D eigenvalue weighted by Crippen LogP contribution is 2.22. The van der Waals surface area contributed by atoms with E-state index in [1.807, 2.05) is 36.1 Å². The van der Waals surface area contributed by atoms with E-state index in [1.165, 1.54) is 0 Å². The average molecular weight is 208 g/mol. The standard InChI is InChI=1S/C11H16N2O2/c1-8(12)9-2-4-10(5-3-9)13-6-7-15-11(13)14/h2-5,8,11,14H,6-7,12H2,1H3/t8-,11?/m0/s1. The molecule has 1 saturated heterocycles. The Kier molecular flexibility index (Phi) is 2.90. The lowest BCUT2D eigenvalue weighted by atomic mass is 10.1. The van der Waals surface area contributed by atoms with Gasteiger partial charge in [0.2, 0.25) is 6.41 Å². The fourth-order valence-corrected chi connectivity index (χ4v) is 1.68. The van der Waals surface area contributed by atoms with Crippen LogP contribution >= 0.6 is 0 Å². The lowest BCUT2D eigenvalue weighted by molar-refractivity contribution is -0.0573. The molecule has 2 atom stereocenters. The Morgan fingerprint density at radius 3 is 2.60 bits per heavy atom. The minimum atomic E-state index is -0.814. The Morgan fingerprint density at radius 2 is 2.13 bits per heavy atom. The second kappa shape index (κ2) is 4.18. The van der Waals surface area contributed by atoms with Crippen LogP contribution in [-0.2, 0) is 4.74 Å². The summed E-state index contributed by atoms with van der Waals surface area (Å²) in [6.45, 7) is 3.23. The molecule has 1 heterocycles. The molecule has 1 aromatic rings. The molecule has 1 aromatic carbocycles. The van der Waals surface area contributed by atoms with Crippen LogP contribution in [0.4, 0.5) is 5.69 Å². The Labute approximate surface area is 89.3 Å². The Hall–Kier alpha value is -1.10. The van der Waals surface area contributed by atoms with Gasteiger partial charge in [0.1, 0.15) is 0 Å². The van der Waals surface area contributed by atoms with Gasteiger partial charge in [0.15, 0.2) is 0 Å². The maximum absolute atomic E-state index is 9.50. The van der Waals surface area contributed by atoms with Crippen molar-refractivity contribution in [1.82, 2.24) is 0 Å². The monoisotopic (exact) mass is 208 g/mol. The predicted molar refractivity (Wildman–Crippen MR) is 58.3 cm³/mol. The third kappa shape index (κ3) is 2.12. The number of nitrogens with zero attached hydrogens (tertiary/aromatic N) is 1. The van der Waals surface area contributed by atoms with Gasteiger partial charge in [0.25, 0.3) is 0 Å². The van der Waals surface area contributed by atoms with Crippen LogP contribution in [0, 0.1) is 0 Å². The smallest absolute Gasteiger partial charge is 0.238 e. The van der Waals surface area contributed by atoms with E-state index >= 15 is 0 Å². The number of nitrogens with two attached hydrogens (primary N) is 1. The van der Waals surface area contributed by atoms with Crippen LogP contribution in [-0.4, -0.2) is 24.7 Å². The van der Waals surface area contributed by atoms with Crippen LogP contribution in [0.25, 0.3) is 0 Å². The molecular formula is C11H16N2O2. The third-order valence-electron chi connectivity index (χ3n) is 2.62. The summed E-state index contributed by atoms with van der Waals surface area (Å²) in [5, 5.41) is 9.50. The van der Waals surface area contributed by atoms with Crippen LogP contribution in [0.5, 0.6) is 0 Å². The third-order valence-corrected chi connectivity index (χ3v) is 2.62. The molecule has 0 saturated carbocycles. The zero-order valence-electron chi connectivity index (χ0n) is 8.76. The molecule has 1 aliphatic heterocycles. The van der Waals surface area contributed by atoms with E-state index in [0.717, 1.165) is 17.8 Å². The number of rotatable bonds is 2. The van der Waals surface area contributed by atoms with E-state index in [-0.39, 0.29) is 6.04 Å². The van der Waals surface area contributed by atoms with Gasteiger partial charge in [-0.25, -0.2) is 0 Å². The molecule has 1 aliphatic rings. The van der Waals surface area contributed by atoms with Crippen LogP contribution in [0.3, 0.4) is 0 Å². The van der Waals surface area contributed by atoms with Crippen LogP contribution in [0.15, 0.2) is 24.3 Å². The van der Waals surface area contributed by atoms with Crippen molar-refractivity contribution < 1.29 is 9.84 Å². The molecule has 0 radical (unpaired) electrons. The molecular weight excluding hydrogens is 192 g/mol. The quantitative estimate of drug-likeness (QED) is 0.755. The first kappa shape index (κ1) is 10.4. The molecule has 0 amide bonds. The van der Waals surface area contributed by atoms with Crippen molar-refractivity contribution in [2.75, 3.05) is 18.1 Å². The topological polar surface area (TPSA) is 58.7 Å². The van der Waals surface area contributed by atoms with Gasteiger partial charge >= 0.3 is 0 Å². The first-order valence-corrected chi connectivity index (χ1v) is 5.10. The molecule has 2 rings (SSSR count). The van der Waals surface area contributed by atoms with E-state index < -0.39 is 6.41 Å². The van der Waals surface area contributed by atoms with Gasteiger partial charge in [-0.1, -0.05) is 12.1 Å². The minimum Gasteiger partial charge on any atom is -0.351 e. The van der Waals surface area contributed by atoms with Crippen molar-refractivity contribution in [3.05, 3.63) is 29.8 Å². The van der Waals surface area contributed by atoms with Crippen LogP contribution < -0.4 is 10.6 Å². The highest BCUT2D eigenvalue weighted by Gasteiger charge is 2.22. The summed E-state index contributed by atoms with van der Waals surface area (Å²) in [5.41, 5.74) is 7.81. The average Bonchev–Trinajstić information content (AvgIpc) is 2.65. The maximum Gasteiger partial charge on any atom is 0.238 e. The fourth-order valence-electron chi connectivity index (χ4n) is 1.68. The Bertz CT molecular complexity index is 324. The molecule has 3 N–H and O–H groups in total. The highest BCUT2D eigenvalue weighted by molar-refractivity contribution is 5.48. The molecule has 0 spiro atoms. The molecule has 0 aromatic heterocycles. The molecule has 4 heteroatoms. The van der Waals surface area contributed by atoms with Gasteiger partial charge in [-0.05, 0) is 24.6 Å². The summed E-state index contributed by atoms with van der Waals surface area (Å²) in [7, 11) is 0. The minimum absolute atomic E-state index is 0.0406. The van der Waals surface area contributed by atoms with Crippen molar-refractivity contribution in [3.63, 3.8) is 0 Å². The highest BCUT2D eigenvalue weighted by atomic mass is 16.6. The van der Waals surface area contributed by atoms with Crippen molar-refractivity contribution >= 4 is 5.69 Å². The second-order valence-corrected chi connectivity index (χ2v) is 3.77. The van der Waals surface area contributed by atoms with Gasteiger partial charge in [-0.3, -0.25) is 0 Å². The van der Waals surface area contributed by atoms with Crippen LogP contribution in [0.2, 0.25) is 0 Å². The summed E-state index contributed by atoms with van der Waals surface area (Å²) in [5.74, 6) is 0. The molecule has 4 nitrogen and oxygen atoms in total. The summed E-state index contributed by atoms with van der Waals surface area (Å²) in [4.78, 5) is 1.81. The van der Waals surface area contributed by atoms with Gasteiger partial charge in [-0.15, -0.1) is 0 Å². The van der Waals surface area contributed by atoms with Crippen LogP contribution in [0.1, 0.15) is 18.5 Å². The molecule has 15 heavy (non-hydrogen) atoms. The number of benzene rings is 1. The normalized spacial score (nSPS) is 23.1. The second-order valence-electron chi connectivity index (χ2n) is 3.77. The molecule has 82 valence electrons.